The molecule has 12 rings (SSSR count). The topological polar surface area (TPSA) is 3.24 Å². The van der Waals surface area contributed by atoms with E-state index in [4.69, 9.17) is 0 Å². The van der Waals surface area contributed by atoms with Crippen molar-refractivity contribution in [3.05, 3.63) is 268 Å². The Labute approximate surface area is 346 Å². The normalized spacial score (nSPS) is 17.5. The second kappa shape index (κ2) is 12.6. The molecule has 3 aliphatic rings. The van der Waals surface area contributed by atoms with Gasteiger partial charge in [-0.25, -0.2) is 0 Å². The standard InChI is InChI=1S/C58H41N/c1-38-16-15-19-41(34-38)57(40-17-5-3-6-18-40)51-25-12-9-22-45(51)49-32-29-43(36-55(49)57)59(42-20-7-4-8-21-42)44-30-33-50-47-24-11-14-27-53(47)58(56(50)37-44)52-26-13-10-23-46(52)48-31-28-39(2)35-54(48)58/h3-37H,1-2H3. The summed E-state index contributed by atoms with van der Waals surface area (Å²) in [7, 11) is 0. The minimum atomic E-state index is -0.504. The summed E-state index contributed by atoms with van der Waals surface area (Å²) >= 11 is 0. The number of para-hydroxylation sites is 1. The van der Waals surface area contributed by atoms with Gasteiger partial charge in [0.2, 0.25) is 0 Å². The molecule has 2 unspecified atom stereocenters. The Balaban J connectivity index is 1.13. The molecule has 0 aromatic heterocycles. The van der Waals surface area contributed by atoms with Crippen molar-refractivity contribution in [3.8, 4) is 33.4 Å². The van der Waals surface area contributed by atoms with Crippen molar-refractivity contribution in [2.75, 3.05) is 4.90 Å². The van der Waals surface area contributed by atoms with Gasteiger partial charge in [-0.2, -0.15) is 0 Å². The minimum Gasteiger partial charge on any atom is -0.310 e. The Hall–Kier alpha value is -7.22. The number of fused-ring (bicyclic) bond motifs is 13. The molecular formula is C58H41N. The monoisotopic (exact) mass is 751 g/mol. The molecule has 9 aromatic carbocycles. The van der Waals surface area contributed by atoms with Gasteiger partial charge in [0.1, 0.15) is 0 Å². The molecule has 59 heavy (non-hydrogen) atoms. The zero-order valence-electron chi connectivity index (χ0n) is 33.2. The van der Waals surface area contributed by atoms with Crippen LogP contribution in [-0.4, -0.2) is 0 Å². The average Bonchev–Trinajstić information content (AvgIpc) is 3.86. The molecule has 1 heteroatoms. The molecule has 0 heterocycles. The summed E-state index contributed by atoms with van der Waals surface area (Å²) in [5, 5.41) is 0. The van der Waals surface area contributed by atoms with Gasteiger partial charge in [-0.1, -0.05) is 187 Å². The number of aryl methyl sites for hydroxylation is 2. The Kier molecular flexibility index (Phi) is 7.26. The molecule has 3 aliphatic carbocycles. The van der Waals surface area contributed by atoms with Crippen LogP contribution in [0, 0.1) is 13.8 Å². The number of hydrogen-bond donors (Lipinski definition) is 0. The van der Waals surface area contributed by atoms with Crippen molar-refractivity contribution >= 4 is 17.1 Å². The van der Waals surface area contributed by atoms with E-state index >= 15 is 0 Å². The number of anilines is 3. The molecule has 0 N–H and O–H groups in total. The lowest BCUT2D eigenvalue weighted by atomic mass is 9.67. The fraction of sp³-hybridized carbons (Fsp3) is 0.0690. The Morgan fingerprint density at radius 3 is 1.27 bits per heavy atom. The molecule has 1 nitrogen and oxygen atoms in total. The molecule has 0 aliphatic heterocycles. The summed E-state index contributed by atoms with van der Waals surface area (Å²) in [6.45, 7) is 4.43. The van der Waals surface area contributed by atoms with Crippen LogP contribution >= 0.6 is 0 Å². The number of rotatable bonds is 5. The number of benzene rings is 9. The molecule has 0 saturated heterocycles. The molecule has 1 spiro atoms. The molecule has 9 aromatic rings. The summed E-state index contributed by atoms with van der Waals surface area (Å²) < 4.78 is 0. The lowest BCUT2D eigenvalue weighted by molar-refractivity contribution is 0.767. The summed E-state index contributed by atoms with van der Waals surface area (Å²) in [4.78, 5) is 2.48. The highest BCUT2D eigenvalue weighted by atomic mass is 15.1. The first kappa shape index (κ1) is 33.9. The molecule has 0 saturated carbocycles. The fourth-order valence-corrected chi connectivity index (χ4v) is 11.2. The highest BCUT2D eigenvalue weighted by molar-refractivity contribution is 5.97. The predicted octanol–water partition coefficient (Wildman–Crippen LogP) is 14.5. The predicted molar refractivity (Wildman–Crippen MR) is 244 cm³/mol. The maximum Gasteiger partial charge on any atom is 0.0726 e. The third-order valence-corrected chi connectivity index (χ3v) is 13.4. The van der Waals surface area contributed by atoms with Gasteiger partial charge >= 0.3 is 0 Å². The third-order valence-electron chi connectivity index (χ3n) is 13.4. The Morgan fingerprint density at radius 2 is 0.695 bits per heavy atom. The lowest BCUT2D eigenvalue weighted by Crippen LogP contribution is -2.29. The van der Waals surface area contributed by atoms with Crippen LogP contribution in [0.25, 0.3) is 33.4 Å². The van der Waals surface area contributed by atoms with E-state index in [1.54, 1.807) is 0 Å². The minimum absolute atomic E-state index is 0.435. The first-order valence-electron chi connectivity index (χ1n) is 20.8. The van der Waals surface area contributed by atoms with E-state index < -0.39 is 10.8 Å². The van der Waals surface area contributed by atoms with Gasteiger partial charge in [-0.3, -0.25) is 0 Å². The van der Waals surface area contributed by atoms with Crippen molar-refractivity contribution in [3.63, 3.8) is 0 Å². The van der Waals surface area contributed by atoms with Gasteiger partial charge in [0.15, 0.2) is 0 Å². The second-order valence-corrected chi connectivity index (χ2v) is 16.6. The van der Waals surface area contributed by atoms with E-state index in [1.165, 1.54) is 89.0 Å². The van der Waals surface area contributed by atoms with Crippen LogP contribution in [0.15, 0.2) is 212 Å². The van der Waals surface area contributed by atoms with Gasteiger partial charge < -0.3 is 4.90 Å². The van der Waals surface area contributed by atoms with Crippen molar-refractivity contribution in [2.45, 2.75) is 24.7 Å². The highest BCUT2D eigenvalue weighted by Gasteiger charge is 2.52. The van der Waals surface area contributed by atoms with E-state index in [9.17, 15) is 0 Å². The van der Waals surface area contributed by atoms with E-state index in [1.807, 2.05) is 0 Å². The average molecular weight is 752 g/mol. The molecule has 0 fully saturated rings. The quantitative estimate of drug-likeness (QED) is 0.169. The van der Waals surface area contributed by atoms with E-state index in [-0.39, 0.29) is 0 Å². The smallest absolute Gasteiger partial charge is 0.0726 e. The van der Waals surface area contributed by atoms with Crippen LogP contribution in [-0.2, 0) is 10.8 Å². The SMILES string of the molecule is Cc1cccc(C2(c3ccccc3)c3ccccc3-c3ccc(N(c4ccccc4)c4ccc5c(c4)C4(c6ccccc6-c6ccc(C)cc64)c4ccccc4-5)cc32)c1. The van der Waals surface area contributed by atoms with Crippen LogP contribution in [0.5, 0.6) is 0 Å². The largest absolute Gasteiger partial charge is 0.310 e. The molecule has 0 bridgehead atoms. The van der Waals surface area contributed by atoms with E-state index in [0.717, 1.165) is 17.1 Å². The van der Waals surface area contributed by atoms with Crippen molar-refractivity contribution in [1.82, 2.24) is 0 Å². The summed E-state index contributed by atoms with van der Waals surface area (Å²) in [5.74, 6) is 0. The first-order chi connectivity index (χ1) is 29.1. The van der Waals surface area contributed by atoms with Crippen LogP contribution in [0.4, 0.5) is 17.1 Å². The summed E-state index contributed by atoms with van der Waals surface area (Å²) in [6.07, 6.45) is 0. The molecule has 278 valence electrons. The van der Waals surface area contributed by atoms with Crippen molar-refractivity contribution < 1.29 is 0 Å². The molecule has 0 radical (unpaired) electrons. The second-order valence-electron chi connectivity index (χ2n) is 16.6. The highest BCUT2D eigenvalue weighted by Crippen LogP contribution is 2.64. The Morgan fingerprint density at radius 1 is 0.271 bits per heavy atom. The van der Waals surface area contributed by atoms with Gasteiger partial charge in [0, 0.05) is 17.1 Å². The zero-order valence-corrected chi connectivity index (χ0v) is 33.2. The van der Waals surface area contributed by atoms with Gasteiger partial charge in [-0.05, 0) is 128 Å². The lowest BCUT2D eigenvalue weighted by Gasteiger charge is -2.35. The summed E-state index contributed by atoms with van der Waals surface area (Å²) in [5.41, 5.74) is 23.4. The molecular weight excluding hydrogens is 711 g/mol. The van der Waals surface area contributed by atoms with Gasteiger partial charge in [-0.15, -0.1) is 0 Å². The van der Waals surface area contributed by atoms with Crippen LogP contribution in [0.2, 0.25) is 0 Å². The fourth-order valence-electron chi connectivity index (χ4n) is 11.2. The Bertz CT molecular complexity index is 3030. The van der Waals surface area contributed by atoms with E-state index in [2.05, 4.69) is 231 Å². The van der Waals surface area contributed by atoms with Crippen molar-refractivity contribution in [1.29, 1.82) is 0 Å². The van der Waals surface area contributed by atoms with Crippen LogP contribution in [0.3, 0.4) is 0 Å². The zero-order chi connectivity index (χ0) is 39.3. The van der Waals surface area contributed by atoms with Gasteiger partial charge in [0.05, 0.1) is 10.8 Å². The van der Waals surface area contributed by atoms with Crippen LogP contribution in [0.1, 0.15) is 55.6 Å². The summed E-state index contributed by atoms with van der Waals surface area (Å²) in [6, 6.07) is 79.9. The molecule has 2 atom stereocenters. The maximum atomic E-state index is 2.50. The molecule has 0 amide bonds. The first-order valence-corrected chi connectivity index (χ1v) is 20.8. The van der Waals surface area contributed by atoms with Gasteiger partial charge in [0.25, 0.3) is 0 Å². The maximum absolute atomic E-state index is 2.50. The number of nitrogens with zero attached hydrogens (tertiary/aromatic N) is 1. The van der Waals surface area contributed by atoms with Crippen LogP contribution < -0.4 is 4.90 Å². The van der Waals surface area contributed by atoms with Crippen molar-refractivity contribution in [2.24, 2.45) is 0 Å². The third kappa shape index (κ3) is 4.56. The number of hydrogen-bond acceptors (Lipinski definition) is 1. The van der Waals surface area contributed by atoms with E-state index in [0.29, 0.717) is 0 Å².